The van der Waals surface area contributed by atoms with Crippen molar-refractivity contribution in [2.75, 3.05) is 18.6 Å². The van der Waals surface area contributed by atoms with Crippen molar-refractivity contribution in [3.63, 3.8) is 0 Å². The Hall–Kier alpha value is -0.320. The maximum absolute atomic E-state index is 12.0. The number of halogens is 1. The van der Waals surface area contributed by atoms with Gasteiger partial charge in [-0.15, -0.1) is 0 Å². The second kappa shape index (κ2) is 8.20. The zero-order valence-electron chi connectivity index (χ0n) is 10.9. The minimum Gasteiger partial charge on any atom is -0.478 e. The van der Waals surface area contributed by atoms with Gasteiger partial charge in [0, 0.05) is 10.1 Å². The van der Waals surface area contributed by atoms with Gasteiger partial charge in [-0.2, -0.15) is 11.8 Å². The average Bonchev–Trinajstić information content (AvgIpc) is 2.38. The molecule has 0 atom stereocenters. The van der Waals surface area contributed by atoms with Gasteiger partial charge in [0.1, 0.15) is 0 Å². The van der Waals surface area contributed by atoms with Crippen LogP contribution in [0.1, 0.15) is 23.2 Å². The first-order valence-electron chi connectivity index (χ1n) is 5.90. The lowest BCUT2D eigenvalue weighted by atomic mass is 10.2. The number of rotatable bonds is 8. The molecule has 0 aliphatic carbocycles. The number of carboxylic acids is 1. The van der Waals surface area contributed by atoms with Crippen LogP contribution in [0, 0.1) is 3.57 Å². The van der Waals surface area contributed by atoms with E-state index in [9.17, 15) is 13.2 Å². The van der Waals surface area contributed by atoms with Crippen molar-refractivity contribution < 1.29 is 18.3 Å². The van der Waals surface area contributed by atoms with Gasteiger partial charge in [0.25, 0.3) is 0 Å². The molecule has 0 aliphatic rings. The second-order valence-corrected chi connectivity index (χ2v) is 7.96. The monoisotopic (exact) mass is 429 g/mol. The summed E-state index contributed by atoms with van der Waals surface area (Å²) in [6, 6.07) is 4.10. The van der Waals surface area contributed by atoms with E-state index in [1.807, 2.05) is 28.8 Å². The van der Waals surface area contributed by atoms with E-state index in [1.165, 1.54) is 18.2 Å². The van der Waals surface area contributed by atoms with Crippen LogP contribution in [0.2, 0.25) is 0 Å². The molecular formula is C12H16INO4S2. The van der Waals surface area contributed by atoms with E-state index >= 15 is 0 Å². The molecule has 2 N–H and O–H groups in total. The average molecular weight is 429 g/mol. The Kier molecular flexibility index (Phi) is 7.27. The Labute approximate surface area is 136 Å². The molecule has 8 heteroatoms. The lowest BCUT2D eigenvalue weighted by Crippen LogP contribution is -2.25. The number of nitrogens with one attached hydrogen (secondary N) is 1. The fraction of sp³-hybridized carbons (Fsp3) is 0.417. The SMILES string of the molecule is CSCCCCNS(=O)(=O)c1ccc(I)c(C(=O)O)c1. The first-order chi connectivity index (χ1) is 9.38. The third-order valence-electron chi connectivity index (χ3n) is 2.55. The highest BCUT2D eigenvalue weighted by Gasteiger charge is 2.17. The summed E-state index contributed by atoms with van der Waals surface area (Å²) in [6.45, 7) is 0.358. The molecule has 0 radical (unpaired) electrons. The molecule has 0 aromatic heterocycles. The number of sulfonamides is 1. The van der Waals surface area contributed by atoms with Crippen molar-refractivity contribution in [1.29, 1.82) is 0 Å². The predicted octanol–water partition coefficient (Wildman–Crippen LogP) is 2.41. The number of carboxylic acid groups (broad SMARTS) is 1. The topological polar surface area (TPSA) is 83.5 Å². The number of hydrogen-bond acceptors (Lipinski definition) is 4. The van der Waals surface area contributed by atoms with Crippen molar-refractivity contribution in [3.8, 4) is 0 Å². The van der Waals surface area contributed by atoms with E-state index in [1.54, 1.807) is 11.8 Å². The van der Waals surface area contributed by atoms with E-state index in [-0.39, 0.29) is 10.5 Å². The summed E-state index contributed by atoms with van der Waals surface area (Å²) in [4.78, 5) is 11.0. The minimum atomic E-state index is -3.64. The summed E-state index contributed by atoms with van der Waals surface area (Å²) in [6.07, 6.45) is 3.70. The van der Waals surface area contributed by atoms with Crippen LogP contribution >= 0.6 is 34.4 Å². The van der Waals surface area contributed by atoms with E-state index < -0.39 is 16.0 Å². The molecule has 1 aromatic carbocycles. The Morgan fingerprint density at radius 3 is 2.70 bits per heavy atom. The number of carbonyl (C=O) groups is 1. The lowest BCUT2D eigenvalue weighted by Gasteiger charge is -2.08. The molecule has 5 nitrogen and oxygen atoms in total. The molecule has 0 spiro atoms. The third-order valence-corrected chi connectivity index (χ3v) is 5.64. The van der Waals surface area contributed by atoms with Crippen molar-refractivity contribution in [1.82, 2.24) is 4.72 Å². The fourth-order valence-corrected chi connectivity index (χ4v) is 3.66. The normalized spacial score (nSPS) is 11.5. The Bertz CT molecular complexity index is 575. The Morgan fingerprint density at radius 2 is 2.10 bits per heavy atom. The van der Waals surface area contributed by atoms with Gasteiger partial charge in [-0.1, -0.05) is 0 Å². The maximum Gasteiger partial charge on any atom is 0.336 e. The highest BCUT2D eigenvalue weighted by molar-refractivity contribution is 14.1. The maximum atomic E-state index is 12.0. The molecule has 20 heavy (non-hydrogen) atoms. The summed E-state index contributed by atoms with van der Waals surface area (Å²) in [5.41, 5.74) is -0.00384. The van der Waals surface area contributed by atoms with Gasteiger partial charge in [0.15, 0.2) is 0 Å². The van der Waals surface area contributed by atoms with E-state index in [0.29, 0.717) is 10.1 Å². The van der Waals surface area contributed by atoms with Gasteiger partial charge in [-0.25, -0.2) is 17.9 Å². The van der Waals surface area contributed by atoms with Crippen LogP contribution in [-0.4, -0.2) is 38.0 Å². The summed E-state index contributed by atoms with van der Waals surface area (Å²) in [5.74, 6) is -0.138. The van der Waals surface area contributed by atoms with Gasteiger partial charge in [0.05, 0.1) is 10.5 Å². The predicted molar refractivity (Wildman–Crippen MR) is 88.9 cm³/mol. The standard InChI is InChI=1S/C12H16INO4S2/c1-19-7-3-2-6-14-20(17,18)9-4-5-11(13)10(8-9)12(15)16/h4-5,8,14H,2-3,6-7H2,1H3,(H,15,16). The summed E-state index contributed by atoms with van der Waals surface area (Å²) in [7, 11) is -3.64. The summed E-state index contributed by atoms with van der Waals surface area (Å²) < 4.78 is 27.1. The zero-order valence-corrected chi connectivity index (χ0v) is 14.7. The van der Waals surface area contributed by atoms with Crippen molar-refractivity contribution >= 4 is 50.3 Å². The summed E-state index contributed by atoms with van der Waals surface area (Å²) >= 11 is 3.59. The Morgan fingerprint density at radius 1 is 1.40 bits per heavy atom. The molecule has 0 unspecified atom stereocenters. The van der Waals surface area contributed by atoms with Crippen LogP contribution in [0.15, 0.2) is 23.1 Å². The number of hydrogen-bond donors (Lipinski definition) is 2. The quantitative estimate of drug-likeness (QED) is 0.490. The lowest BCUT2D eigenvalue weighted by molar-refractivity contribution is 0.0695. The van der Waals surface area contributed by atoms with Crippen molar-refractivity contribution in [2.45, 2.75) is 17.7 Å². The van der Waals surface area contributed by atoms with Crippen LogP contribution < -0.4 is 4.72 Å². The van der Waals surface area contributed by atoms with Gasteiger partial charge < -0.3 is 5.11 Å². The Balaban J connectivity index is 2.77. The molecule has 0 saturated carbocycles. The highest BCUT2D eigenvalue weighted by Crippen LogP contribution is 2.18. The van der Waals surface area contributed by atoms with E-state index in [2.05, 4.69) is 4.72 Å². The van der Waals surface area contributed by atoms with Crippen LogP contribution in [0.5, 0.6) is 0 Å². The number of unbranched alkanes of at least 4 members (excludes halogenated alkanes) is 1. The molecule has 1 aromatic rings. The number of thioether (sulfide) groups is 1. The fourth-order valence-electron chi connectivity index (χ4n) is 1.50. The molecule has 0 fully saturated rings. The number of benzene rings is 1. The first kappa shape index (κ1) is 17.7. The number of aromatic carboxylic acids is 1. The smallest absolute Gasteiger partial charge is 0.336 e. The van der Waals surface area contributed by atoms with Crippen molar-refractivity contribution in [3.05, 3.63) is 27.3 Å². The van der Waals surface area contributed by atoms with Crippen LogP contribution in [0.3, 0.4) is 0 Å². The zero-order chi connectivity index (χ0) is 15.2. The first-order valence-corrected chi connectivity index (χ1v) is 9.85. The largest absolute Gasteiger partial charge is 0.478 e. The van der Waals surface area contributed by atoms with Gasteiger partial charge in [-0.3, -0.25) is 0 Å². The minimum absolute atomic E-state index is 0.00384. The molecule has 1 rings (SSSR count). The third kappa shape index (κ3) is 5.23. The second-order valence-electron chi connectivity index (χ2n) is 4.04. The van der Waals surface area contributed by atoms with E-state index in [4.69, 9.17) is 5.11 Å². The molecule has 0 aliphatic heterocycles. The van der Waals surface area contributed by atoms with Gasteiger partial charge in [0.2, 0.25) is 10.0 Å². The molecule has 112 valence electrons. The van der Waals surface area contributed by atoms with Crippen LogP contribution in [0.25, 0.3) is 0 Å². The van der Waals surface area contributed by atoms with E-state index in [0.717, 1.165) is 18.6 Å². The highest BCUT2D eigenvalue weighted by atomic mass is 127. The molecule has 0 bridgehead atoms. The molecular weight excluding hydrogens is 413 g/mol. The van der Waals surface area contributed by atoms with Gasteiger partial charge >= 0.3 is 5.97 Å². The molecule has 0 heterocycles. The molecule has 0 amide bonds. The van der Waals surface area contributed by atoms with Crippen LogP contribution in [-0.2, 0) is 10.0 Å². The molecule has 0 saturated heterocycles. The van der Waals surface area contributed by atoms with Crippen molar-refractivity contribution in [2.24, 2.45) is 0 Å². The van der Waals surface area contributed by atoms with Gasteiger partial charge in [-0.05, 0) is 65.6 Å². The van der Waals surface area contributed by atoms with Crippen LogP contribution in [0.4, 0.5) is 0 Å². The summed E-state index contributed by atoms with van der Waals surface area (Å²) in [5, 5.41) is 9.01.